The van der Waals surface area contributed by atoms with E-state index in [9.17, 15) is 4.79 Å². The van der Waals surface area contributed by atoms with Crippen LogP contribution in [-0.2, 0) is 0 Å². The molecule has 5 rings (SSSR count). The number of aryl methyl sites for hydroxylation is 1. The standard InChI is InChI=1S/C18H21N3O2S/c1-12-10-14(4-7-19-12)23-17-3-2-16(24-17)18(22)20-15-11-21-8-5-13(15)6-9-21/h2-4,7,10,13,15H,5-6,8-9,11H2,1H3,(H,20,22). The number of hydrogen-bond donors (Lipinski definition) is 1. The van der Waals surface area contributed by atoms with Gasteiger partial charge in [-0.05, 0) is 57.0 Å². The number of thiophene rings is 1. The average molecular weight is 343 g/mol. The Labute approximate surface area is 145 Å². The molecule has 0 spiro atoms. The van der Waals surface area contributed by atoms with Gasteiger partial charge in [0.1, 0.15) is 5.75 Å². The second-order valence-electron chi connectivity index (χ2n) is 6.57. The van der Waals surface area contributed by atoms with E-state index in [2.05, 4.69) is 15.2 Å². The smallest absolute Gasteiger partial charge is 0.261 e. The number of carbonyl (C=O) groups is 1. The maximum absolute atomic E-state index is 12.5. The van der Waals surface area contributed by atoms with E-state index in [1.54, 1.807) is 6.20 Å². The summed E-state index contributed by atoms with van der Waals surface area (Å²) in [6, 6.07) is 7.68. The molecule has 5 heterocycles. The number of ether oxygens (including phenoxy) is 1. The summed E-state index contributed by atoms with van der Waals surface area (Å²) in [6.07, 6.45) is 4.12. The molecule has 3 aliphatic rings. The summed E-state index contributed by atoms with van der Waals surface area (Å²) in [5.74, 6) is 1.39. The molecule has 1 N–H and O–H groups in total. The van der Waals surface area contributed by atoms with Gasteiger partial charge in [-0.15, -0.1) is 0 Å². The predicted octanol–water partition coefficient (Wildman–Crippen LogP) is 3.07. The van der Waals surface area contributed by atoms with E-state index in [1.165, 1.54) is 37.3 Å². The largest absolute Gasteiger partial charge is 0.447 e. The van der Waals surface area contributed by atoms with Gasteiger partial charge in [-0.2, -0.15) is 0 Å². The van der Waals surface area contributed by atoms with Crippen LogP contribution < -0.4 is 10.1 Å². The fourth-order valence-corrected chi connectivity index (χ4v) is 4.34. The van der Waals surface area contributed by atoms with Crippen molar-refractivity contribution in [3.63, 3.8) is 0 Å². The average Bonchev–Trinajstić information content (AvgIpc) is 3.05. The number of rotatable bonds is 4. The van der Waals surface area contributed by atoms with Gasteiger partial charge >= 0.3 is 0 Å². The molecule has 1 unspecified atom stereocenters. The molecule has 2 bridgehead atoms. The Bertz CT molecular complexity index is 737. The van der Waals surface area contributed by atoms with Gasteiger partial charge in [0.05, 0.1) is 4.88 Å². The van der Waals surface area contributed by atoms with E-state index in [-0.39, 0.29) is 11.9 Å². The topological polar surface area (TPSA) is 54.5 Å². The van der Waals surface area contributed by atoms with Crippen LogP contribution in [0.15, 0.2) is 30.5 Å². The second-order valence-corrected chi connectivity index (χ2v) is 7.62. The Morgan fingerprint density at radius 3 is 2.88 bits per heavy atom. The molecule has 0 aromatic carbocycles. The third-order valence-corrected chi connectivity index (χ3v) is 5.83. The molecule has 24 heavy (non-hydrogen) atoms. The molecule has 1 atom stereocenters. The van der Waals surface area contributed by atoms with Crippen molar-refractivity contribution in [2.24, 2.45) is 5.92 Å². The number of nitrogens with zero attached hydrogens (tertiary/aromatic N) is 2. The van der Waals surface area contributed by atoms with Crippen LogP contribution in [0.25, 0.3) is 0 Å². The summed E-state index contributed by atoms with van der Waals surface area (Å²) in [5.41, 5.74) is 0.907. The van der Waals surface area contributed by atoms with Gasteiger partial charge in [0, 0.05) is 30.5 Å². The fraction of sp³-hybridized carbons (Fsp3) is 0.444. The summed E-state index contributed by atoms with van der Waals surface area (Å²) in [5, 5.41) is 3.94. The van der Waals surface area contributed by atoms with E-state index in [0.717, 1.165) is 23.1 Å². The van der Waals surface area contributed by atoms with Crippen molar-refractivity contribution in [2.75, 3.05) is 19.6 Å². The van der Waals surface area contributed by atoms with Crippen LogP contribution >= 0.6 is 11.3 Å². The maximum Gasteiger partial charge on any atom is 0.261 e. The van der Waals surface area contributed by atoms with Crippen LogP contribution in [0, 0.1) is 12.8 Å². The molecule has 0 radical (unpaired) electrons. The summed E-state index contributed by atoms with van der Waals surface area (Å²) in [4.78, 5) is 19.8. The van der Waals surface area contributed by atoms with Gasteiger partial charge < -0.3 is 15.0 Å². The normalized spacial score (nSPS) is 25.5. The Morgan fingerprint density at radius 1 is 1.33 bits per heavy atom. The number of pyridine rings is 1. The number of fused-ring (bicyclic) bond motifs is 3. The first-order valence-corrected chi connectivity index (χ1v) is 9.22. The van der Waals surface area contributed by atoms with Gasteiger partial charge in [-0.25, -0.2) is 0 Å². The lowest BCUT2D eigenvalue weighted by atomic mass is 9.84. The van der Waals surface area contributed by atoms with Crippen molar-refractivity contribution in [3.8, 4) is 10.8 Å². The first-order valence-electron chi connectivity index (χ1n) is 8.41. The number of piperidine rings is 3. The summed E-state index contributed by atoms with van der Waals surface area (Å²) >= 11 is 1.38. The minimum Gasteiger partial charge on any atom is -0.447 e. The molecule has 3 aliphatic heterocycles. The van der Waals surface area contributed by atoms with Crippen LogP contribution in [-0.4, -0.2) is 41.5 Å². The van der Waals surface area contributed by atoms with Crippen LogP contribution in [0.2, 0.25) is 0 Å². The van der Waals surface area contributed by atoms with Crippen molar-refractivity contribution in [1.82, 2.24) is 15.2 Å². The Hall–Kier alpha value is -1.92. The second kappa shape index (κ2) is 6.53. The molecule has 1 amide bonds. The Morgan fingerprint density at radius 2 is 2.17 bits per heavy atom. The number of nitrogens with one attached hydrogen (secondary N) is 1. The first kappa shape index (κ1) is 15.6. The molecule has 0 aliphatic carbocycles. The van der Waals surface area contributed by atoms with Crippen molar-refractivity contribution in [2.45, 2.75) is 25.8 Å². The third kappa shape index (κ3) is 3.30. The van der Waals surface area contributed by atoms with E-state index in [4.69, 9.17) is 4.74 Å². The maximum atomic E-state index is 12.5. The van der Waals surface area contributed by atoms with Crippen molar-refractivity contribution in [3.05, 3.63) is 41.0 Å². The van der Waals surface area contributed by atoms with Gasteiger partial charge in [-0.1, -0.05) is 11.3 Å². The highest BCUT2D eigenvalue weighted by Crippen LogP contribution is 2.31. The van der Waals surface area contributed by atoms with Crippen molar-refractivity contribution >= 4 is 17.2 Å². The van der Waals surface area contributed by atoms with Crippen molar-refractivity contribution in [1.29, 1.82) is 0 Å². The zero-order valence-electron chi connectivity index (χ0n) is 13.7. The molecule has 3 fully saturated rings. The molecule has 6 heteroatoms. The SMILES string of the molecule is Cc1cc(Oc2ccc(C(=O)NC3CN4CCC3CC4)s2)ccn1. The Kier molecular flexibility index (Phi) is 4.24. The van der Waals surface area contributed by atoms with Gasteiger partial charge in [0.25, 0.3) is 5.91 Å². The quantitative estimate of drug-likeness (QED) is 0.927. The van der Waals surface area contributed by atoms with E-state index < -0.39 is 0 Å². The first-order chi connectivity index (χ1) is 11.7. The highest BCUT2D eigenvalue weighted by atomic mass is 32.1. The van der Waals surface area contributed by atoms with Crippen LogP contribution in [0.5, 0.6) is 10.8 Å². The molecular weight excluding hydrogens is 322 g/mol. The highest BCUT2D eigenvalue weighted by molar-refractivity contribution is 7.15. The number of hydrogen-bond acceptors (Lipinski definition) is 5. The van der Waals surface area contributed by atoms with Crippen LogP contribution in [0.1, 0.15) is 28.2 Å². The lowest BCUT2D eigenvalue weighted by Crippen LogP contribution is -2.57. The molecule has 126 valence electrons. The monoisotopic (exact) mass is 343 g/mol. The molecule has 5 nitrogen and oxygen atoms in total. The number of aromatic nitrogens is 1. The van der Waals surface area contributed by atoms with Gasteiger partial charge in [0.2, 0.25) is 0 Å². The minimum absolute atomic E-state index is 0.0134. The van der Waals surface area contributed by atoms with Crippen LogP contribution in [0.3, 0.4) is 0 Å². The van der Waals surface area contributed by atoms with Gasteiger partial charge in [-0.3, -0.25) is 9.78 Å². The van der Waals surface area contributed by atoms with Crippen molar-refractivity contribution < 1.29 is 9.53 Å². The third-order valence-electron chi connectivity index (χ3n) is 4.86. The van der Waals surface area contributed by atoms with E-state index >= 15 is 0 Å². The summed E-state index contributed by atoms with van der Waals surface area (Å²) in [7, 11) is 0. The molecule has 3 saturated heterocycles. The lowest BCUT2D eigenvalue weighted by molar-refractivity contribution is 0.0622. The minimum atomic E-state index is 0.0134. The molecule has 2 aromatic heterocycles. The fourth-order valence-electron chi connectivity index (χ4n) is 3.56. The van der Waals surface area contributed by atoms with Crippen LogP contribution in [0.4, 0.5) is 0 Å². The zero-order chi connectivity index (χ0) is 16.5. The Balaban J connectivity index is 1.40. The summed E-state index contributed by atoms with van der Waals surface area (Å²) in [6.45, 7) is 5.27. The number of amides is 1. The molecular formula is C18H21N3O2S. The number of carbonyl (C=O) groups excluding carboxylic acids is 1. The van der Waals surface area contributed by atoms with E-state index in [0.29, 0.717) is 10.8 Å². The predicted molar refractivity (Wildman–Crippen MR) is 93.8 cm³/mol. The molecule has 0 saturated carbocycles. The lowest BCUT2D eigenvalue weighted by Gasteiger charge is -2.44. The van der Waals surface area contributed by atoms with E-state index in [1.807, 2.05) is 31.2 Å². The van der Waals surface area contributed by atoms with Gasteiger partial charge in [0.15, 0.2) is 5.06 Å². The zero-order valence-corrected chi connectivity index (χ0v) is 14.5. The summed E-state index contributed by atoms with van der Waals surface area (Å²) < 4.78 is 5.82. The molecule has 2 aromatic rings. The highest BCUT2D eigenvalue weighted by Gasteiger charge is 2.35.